The van der Waals surface area contributed by atoms with Gasteiger partial charge in [0.15, 0.2) is 6.61 Å². The first-order valence-electron chi connectivity index (χ1n) is 8.75. The molecular formula is C20H17ClN4O4. The molecule has 1 unspecified atom stereocenters. The van der Waals surface area contributed by atoms with E-state index >= 15 is 0 Å². The molecule has 9 heteroatoms. The molecule has 1 atom stereocenters. The molecule has 2 aromatic rings. The highest BCUT2D eigenvalue weighted by atomic mass is 35.5. The summed E-state index contributed by atoms with van der Waals surface area (Å²) in [5.41, 5.74) is 1.99. The van der Waals surface area contributed by atoms with Crippen LogP contribution in [-0.4, -0.2) is 29.5 Å². The number of imide groups is 1. The molecule has 4 amide bonds. The third-order valence-corrected chi connectivity index (χ3v) is 4.84. The van der Waals surface area contributed by atoms with E-state index in [1.54, 1.807) is 37.3 Å². The zero-order chi connectivity index (χ0) is 21.0. The molecule has 1 aliphatic rings. The number of nitrogens with one attached hydrogen (secondary N) is 2. The van der Waals surface area contributed by atoms with Crippen LogP contribution in [0.4, 0.5) is 4.79 Å². The van der Waals surface area contributed by atoms with Crippen LogP contribution < -0.4 is 15.5 Å². The van der Waals surface area contributed by atoms with Gasteiger partial charge in [-0.25, -0.2) is 4.79 Å². The molecule has 1 fully saturated rings. The molecule has 0 radical (unpaired) electrons. The molecule has 1 saturated heterocycles. The van der Waals surface area contributed by atoms with Crippen molar-refractivity contribution in [3.63, 3.8) is 0 Å². The number of halogens is 1. The minimum atomic E-state index is -1.25. The number of nitrogens with zero attached hydrogens (tertiary/aromatic N) is 2. The second-order valence-electron chi connectivity index (χ2n) is 6.28. The van der Waals surface area contributed by atoms with Gasteiger partial charge in [-0.05, 0) is 30.2 Å². The number of urea groups is 1. The van der Waals surface area contributed by atoms with Gasteiger partial charge >= 0.3 is 6.03 Å². The topological polar surface area (TPSA) is 112 Å². The maximum atomic E-state index is 12.9. The van der Waals surface area contributed by atoms with Gasteiger partial charge in [-0.15, -0.1) is 0 Å². The maximum Gasteiger partial charge on any atom is 0.344 e. The van der Waals surface area contributed by atoms with Crippen molar-refractivity contribution in [2.24, 2.45) is 0 Å². The first kappa shape index (κ1) is 20.2. The minimum absolute atomic E-state index is 0.168. The summed E-state index contributed by atoms with van der Waals surface area (Å²) in [4.78, 5) is 37.5. The standard InChI is InChI=1S/C20H17ClN4O4/c1-2-20(14-6-4-3-5-7-14)18(27)25(19(28)23-20)24-17(26)12-29-16-9-8-13(11-22)10-15(16)21/h3-10H,2,12H2,1H3,(H,23,28)(H,24,26). The van der Waals surface area contributed by atoms with Crippen LogP contribution in [0.25, 0.3) is 0 Å². The highest BCUT2D eigenvalue weighted by Gasteiger charge is 2.52. The SMILES string of the molecule is CCC1(c2ccccc2)NC(=O)N(NC(=O)COc2ccc(C#N)cc2Cl)C1=O. The Balaban J connectivity index is 1.68. The Kier molecular flexibility index (Phi) is 5.71. The van der Waals surface area contributed by atoms with Gasteiger partial charge in [0.25, 0.3) is 11.8 Å². The lowest BCUT2D eigenvalue weighted by atomic mass is 9.87. The van der Waals surface area contributed by atoms with Crippen molar-refractivity contribution in [2.75, 3.05) is 6.61 Å². The van der Waals surface area contributed by atoms with E-state index in [0.717, 1.165) is 0 Å². The van der Waals surface area contributed by atoms with E-state index in [1.165, 1.54) is 18.2 Å². The maximum absolute atomic E-state index is 12.9. The Morgan fingerprint density at radius 3 is 2.62 bits per heavy atom. The average Bonchev–Trinajstić information content (AvgIpc) is 2.98. The molecule has 8 nitrogen and oxygen atoms in total. The van der Waals surface area contributed by atoms with Gasteiger partial charge in [-0.1, -0.05) is 48.9 Å². The molecule has 3 rings (SSSR count). The van der Waals surface area contributed by atoms with Gasteiger partial charge < -0.3 is 10.1 Å². The Morgan fingerprint density at radius 1 is 1.28 bits per heavy atom. The number of carbonyl (C=O) groups is 3. The Hall–Kier alpha value is -3.57. The zero-order valence-corrected chi connectivity index (χ0v) is 16.2. The first-order valence-corrected chi connectivity index (χ1v) is 9.13. The molecular weight excluding hydrogens is 396 g/mol. The van der Waals surface area contributed by atoms with Gasteiger partial charge in [-0.2, -0.15) is 10.3 Å². The van der Waals surface area contributed by atoms with Crippen LogP contribution >= 0.6 is 11.6 Å². The van der Waals surface area contributed by atoms with E-state index in [2.05, 4.69) is 10.7 Å². The third kappa shape index (κ3) is 3.86. The number of benzene rings is 2. The van der Waals surface area contributed by atoms with Crippen molar-refractivity contribution in [1.82, 2.24) is 15.8 Å². The summed E-state index contributed by atoms with van der Waals surface area (Å²) in [6.45, 7) is 1.29. The molecule has 0 spiro atoms. The number of hydrazine groups is 1. The van der Waals surface area contributed by atoms with E-state index < -0.39 is 30.0 Å². The largest absolute Gasteiger partial charge is 0.482 e. The Labute approximate surface area is 172 Å². The third-order valence-electron chi connectivity index (χ3n) is 4.54. The molecule has 0 aliphatic carbocycles. The molecule has 1 heterocycles. The zero-order valence-electron chi connectivity index (χ0n) is 15.4. The number of amides is 4. The van der Waals surface area contributed by atoms with Crippen molar-refractivity contribution >= 4 is 29.4 Å². The molecule has 1 aliphatic heterocycles. The molecule has 2 N–H and O–H groups in total. The van der Waals surface area contributed by atoms with Gasteiger partial charge in [0.2, 0.25) is 0 Å². The van der Waals surface area contributed by atoms with Crippen molar-refractivity contribution in [3.8, 4) is 11.8 Å². The lowest BCUT2D eigenvalue weighted by Crippen LogP contribution is -2.49. The molecule has 0 aromatic heterocycles. The average molecular weight is 413 g/mol. The first-order chi connectivity index (χ1) is 13.9. The smallest absolute Gasteiger partial charge is 0.344 e. The van der Waals surface area contributed by atoms with Crippen molar-refractivity contribution < 1.29 is 19.1 Å². The molecule has 0 bridgehead atoms. The van der Waals surface area contributed by atoms with Crippen LogP contribution in [-0.2, 0) is 15.1 Å². The summed E-state index contributed by atoms with van der Waals surface area (Å²) in [7, 11) is 0. The van der Waals surface area contributed by atoms with Gasteiger partial charge in [0.1, 0.15) is 11.3 Å². The lowest BCUT2D eigenvalue weighted by molar-refractivity contribution is -0.140. The van der Waals surface area contributed by atoms with E-state index in [4.69, 9.17) is 21.6 Å². The Morgan fingerprint density at radius 2 is 2.00 bits per heavy atom. The molecule has 148 valence electrons. The van der Waals surface area contributed by atoms with Crippen LogP contribution in [0.2, 0.25) is 5.02 Å². The predicted molar refractivity (Wildman–Crippen MR) is 104 cm³/mol. The molecule has 29 heavy (non-hydrogen) atoms. The lowest BCUT2D eigenvalue weighted by Gasteiger charge is -2.25. The highest BCUT2D eigenvalue weighted by Crippen LogP contribution is 2.31. The number of hydrogen-bond donors (Lipinski definition) is 2. The fraction of sp³-hybridized carbons (Fsp3) is 0.200. The summed E-state index contributed by atoms with van der Waals surface area (Å²) in [6.07, 6.45) is 0.311. The van der Waals surface area contributed by atoms with E-state index in [-0.39, 0.29) is 10.8 Å². The van der Waals surface area contributed by atoms with E-state index in [1.807, 2.05) is 6.07 Å². The van der Waals surface area contributed by atoms with Crippen LogP contribution in [0.3, 0.4) is 0 Å². The minimum Gasteiger partial charge on any atom is -0.482 e. The van der Waals surface area contributed by atoms with Gasteiger partial charge in [0.05, 0.1) is 16.7 Å². The quantitative estimate of drug-likeness (QED) is 0.708. The second-order valence-corrected chi connectivity index (χ2v) is 6.68. The van der Waals surface area contributed by atoms with Crippen LogP contribution in [0, 0.1) is 11.3 Å². The van der Waals surface area contributed by atoms with E-state index in [0.29, 0.717) is 22.6 Å². The number of rotatable bonds is 6. The van der Waals surface area contributed by atoms with Crippen molar-refractivity contribution in [1.29, 1.82) is 5.26 Å². The number of hydrogen-bond acceptors (Lipinski definition) is 5. The summed E-state index contributed by atoms with van der Waals surface area (Å²) in [5, 5.41) is 12.3. The monoisotopic (exact) mass is 412 g/mol. The van der Waals surface area contributed by atoms with Crippen LogP contribution in [0.5, 0.6) is 5.75 Å². The van der Waals surface area contributed by atoms with Gasteiger partial charge in [0, 0.05) is 0 Å². The highest BCUT2D eigenvalue weighted by molar-refractivity contribution is 6.32. The fourth-order valence-electron chi connectivity index (χ4n) is 3.03. The summed E-state index contributed by atoms with van der Waals surface area (Å²) in [6, 6.07) is 14.4. The summed E-state index contributed by atoms with van der Waals surface area (Å²) >= 11 is 6.00. The Bertz CT molecular complexity index is 1010. The summed E-state index contributed by atoms with van der Waals surface area (Å²) < 4.78 is 5.32. The number of carbonyl (C=O) groups excluding carboxylic acids is 3. The van der Waals surface area contributed by atoms with Crippen molar-refractivity contribution in [3.05, 3.63) is 64.7 Å². The second kappa shape index (κ2) is 8.20. The van der Waals surface area contributed by atoms with Gasteiger partial charge in [-0.3, -0.25) is 15.0 Å². The van der Waals surface area contributed by atoms with E-state index in [9.17, 15) is 14.4 Å². The summed E-state index contributed by atoms with van der Waals surface area (Å²) in [5.74, 6) is -1.10. The molecule has 2 aromatic carbocycles. The number of nitriles is 1. The van der Waals surface area contributed by atoms with Crippen LogP contribution in [0.15, 0.2) is 48.5 Å². The fourth-order valence-corrected chi connectivity index (χ4v) is 3.26. The normalized spacial score (nSPS) is 18.2. The molecule has 0 saturated carbocycles. The van der Waals surface area contributed by atoms with Crippen LogP contribution in [0.1, 0.15) is 24.5 Å². The predicted octanol–water partition coefficient (Wildman–Crippen LogP) is 2.48. The number of ether oxygens (including phenoxy) is 1. The van der Waals surface area contributed by atoms with Crippen molar-refractivity contribution in [2.45, 2.75) is 18.9 Å².